The fourth-order valence-electron chi connectivity index (χ4n) is 5.58. The van der Waals surface area contributed by atoms with Crippen molar-refractivity contribution in [1.29, 1.82) is 0 Å². The Kier molecular flexibility index (Phi) is 5.33. The zero-order valence-corrected chi connectivity index (χ0v) is 18.0. The highest BCUT2D eigenvalue weighted by Gasteiger charge is 2.73. The first-order chi connectivity index (χ1) is 16.4. The minimum Gasteiger partial charge on any atom is -0.325 e. The predicted octanol–water partition coefficient (Wildman–Crippen LogP) is 5.94. The Hall–Kier alpha value is -3.18. The smallest absolute Gasteiger partial charge is 0.325 e. The Labute approximate surface area is 194 Å². The molecule has 0 bridgehead atoms. The number of carbonyl (C=O) groups excluding carboxylic acids is 1. The summed E-state index contributed by atoms with van der Waals surface area (Å²) in [5, 5.41) is 10.2. The van der Waals surface area contributed by atoms with Crippen LogP contribution in [0.4, 0.5) is 36.4 Å². The van der Waals surface area contributed by atoms with E-state index in [0.29, 0.717) is 53.7 Å². The zero-order valence-electron chi connectivity index (χ0n) is 18.0. The number of aromatic amines is 1. The molecule has 3 aromatic rings. The highest BCUT2D eigenvalue weighted by molar-refractivity contribution is 6.00. The molecule has 1 amide bonds. The van der Waals surface area contributed by atoms with Crippen molar-refractivity contribution in [2.75, 3.05) is 5.32 Å². The number of aryl methyl sites for hydroxylation is 1. The third-order valence-corrected chi connectivity index (χ3v) is 7.24. The number of benzene rings is 1. The van der Waals surface area contributed by atoms with E-state index in [1.165, 1.54) is 12.4 Å². The lowest BCUT2D eigenvalue weighted by Crippen LogP contribution is -2.50. The Balaban J connectivity index is 1.40. The van der Waals surface area contributed by atoms with Crippen LogP contribution < -0.4 is 5.32 Å². The number of hydrogen-bond donors (Lipinski definition) is 2. The molecular weight excluding hydrogens is 481 g/mol. The predicted molar refractivity (Wildman–Crippen MR) is 111 cm³/mol. The number of nitrogens with zero attached hydrogens (tertiary/aromatic N) is 2. The largest absolute Gasteiger partial charge is 0.435 e. The Morgan fingerprint density at radius 1 is 1.00 bits per heavy atom. The summed E-state index contributed by atoms with van der Waals surface area (Å²) in [4.78, 5) is 17.2. The average Bonchev–Trinajstić information content (AvgIpc) is 3.44. The molecule has 0 spiro atoms. The molecular formula is C23H19F7N4O. The zero-order chi connectivity index (χ0) is 25.2. The van der Waals surface area contributed by atoms with Crippen molar-refractivity contribution < 1.29 is 35.5 Å². The molecule has 5 nitrogen and oxygen atoms in total. The maximum absolute atomic E-state index is 14.5. The molecule has 2 heterocycles. The quantitative estimate of drug-likeness (QED) is 0.437. The third kappa shape index (κ3) is 3.64. The van der Waals surface area contributed by atoms with Crippen molar-refractivity contribution in [3.8, 4) is 0 Å². The van der Waals surface area contributed by atoms with E-state index >= 15 is 0 Å². The average molecular weight is 500 g/mol. The Morgan fingerprint density at radius 3 is 2.46 bits per heavy atom. The van der Waals surface area contributed by atoms with Crippen LogP contribution in [0.5, 0.6) is 0 Å². The molecule has 2 aliphatic rings. The minimum absolute atomic E-state index is 0.129. The van der Waals surface area contributed by atoms with E-state index in [0.717, 1.165) is 6.07 Å². The van der Waals surface area contributed by atoms with Crippen molar-refractivity contribution in [3.05, 3.63) is 53.3 Å². The standard InChI is InChI=1S/C23H19F7N4O/c24-21(22(25,26)27,23(28,29)30)12-2-4-13-11(9-12)1-3-15-14(13)5-6-16(15)20(35)33-18-7-8-31-19-17(18)10-32-34-19/h2,4,7-10,14-16H,1,3,5-6H2,(H2,31,32,33,34,35)/t14?,15?,16-/m1/s1. The summed E-state index contributed by atoms with van der Waals surface area (Å²) >= 11 is 0. The van der Waals surface area contributed by atoms with Crippen LogP contribution in [0, 0.1) is 11.8 Å². The molecule has 12 heteroatoms. The summed E-state index contributed by atoms with van der Waals surface area (Å²) < 4.78 is 93.6. The van der Waals surface area contributed by atoms with Crippen molar-refractivity contribution in [3.63, 3.8) is 0 Å². The van der Waals surface area contributed by atoms with Crippen LogP contribution in [0.15, 0.2) is 36.7 Å². The minimum atomic E-state index is -6.15. The highest BCUT2D eigenvalue weighted by atomic mass is 19.4. The summed E-state index contributed by atoms with van der Waals surface area (Å²) in [6.07, 6.45) is -7.63. The molecule has 5 rings (SSSR count). The molecule has 0 aliphatic heterocycles. The van der Waals surface area contributed by atoms with Gasteiger partial charge >= 0.3 is 18.0 Å². The fraction of sp³-hybridized carbons (Fsp3) is 0.435. The number of pyridine rings is 1. The molecule has 2 aromatic heterocycles. The summed E-state index contributed by atoms with van der Waals surface area (Å²) in [6.45, 7) is 0. The first-order valence-electron chi connectivity index (χ1n) is 11.0. The molecule has 3 atom stereocenters. The molecule has 186 valence electrons. The van der Waals surface area contributed by atoms with Crippen LogP contribution in [0.1, 0.15) is 41.9 Å². The second kappa shape index (κ2) is 7.92. The van der Waals surface area contributed by atoms with E-state index in [1.807, 2.05) is 0 Å². The number of anilines is 1. The maximum atomic E-state index is 14.5. The lowest BCUT2D eigenvalue weighted by atomic mass is 9.73. The molecule has 1 aromatic carbocycles. The summed E-state index contributed by atoms with van der Waals surface area (Å²) in [7, 11) is 0. The van der Waals surface area contributed by atoms with Gasteiger partial charge in [0.25, 0.3) is 0 Å². The summed E-state index contributed by atoms with van der Waals surface area (Å²) in [5.41, 5.74) is -5.04. The third-order valence-electron chi connectivity index (χ3n) is 7.24. The lowest BCUT2D eigenvalue weighted by Gasteiger charge is -2.34. The second-order valence-electron chi connectivity index (χ2n) is 9.04. The van der Waals surface area contributed by atoms with Crippen molar-refractivity contribution >= 4 is 22.6 Å². The van der Waals surface area contributed by atoms with Gasteiger partial charge in [0, 0.05) is 17.7 Å². The van der Waals surface area contributed by atoms with Gasteiger partial charge in [-0.25, -0.2) is 9.37 Å². The number of carbonyl (C=O) groups is 1. The number of halogens is 7. The lowest BCUT2D eigenvalue weighted by molar-refractivity contribution is -0.348. The van der Waals surface area contributed by atoms with Gasteiger partial charge < -0.3 is 5.32 Å². The first-order valence-corrected chi connectivity index (χ1v) is 11.0. The monoisotopic (exact) mass is 500 g/mol. The van der Waals surface area contributed by atoms with Crippen LogP contribution in [-0.2, 0) is 16.9 Å². The molecule has 2 N–H and O–H groups in total. The van der Waals surface area contributed by atoms with Gasteiger partial charge in [0.1, 0.15) is 0 Å². The molecule has 1 fully saturated rings. The Morgan fingerprint density at radius 2 is 1.74 bits per heavy atom. The number of amides is 1. The van der Waals surface area contributed by atoms with Crippen LogP contribution in [0.2, 0.25) is 0 Å². The molecule has 1 saturated carbocycles. The van der Waals surface area contributed by atoms with Gasteiger partial charge in [0.05, 0.1) is 17.3 Å². The van der Waals surface area contributed by atoms with Gasteiger partial charge in [-0.3, -0.25) is 9.89 Å². The number of rotatable bonds is 3. The Bertz CT molecular complexity index is 1270. The topological polar surface area (TPSA) is 70.7 Å². The van der Waals surface area contributed by atoms with E-state index in [-0.39, 0.29) is 35.6 Å². The van der Waals surface area contributed by atoms with Gasteiger partial charge in [-0.15, -0.1) is 0 Å². The molecule has 35 heavy (non-hydrogen) atoms. The van der Waals surface area contributed by atoms with Crippen LogP contribution in [0.25, 0.3) is 11.0 Å². The summed E-state index contributed by atoms with van der Waals surface area (Å²) in [5.74, 6) is -0.937. The van der Waals surface area contributed by atoms with Crippen LogP contribution in [0.3, 0.4) is 0 Å². The molecule has 2 aliphatic carbocycles. The number of hydrogen-bond acceptors (Lipinski definition) is 3. The van der Waals surface area contributed by atoms with E-state index in [4.69, 9.17) is 0 Å². The highest BCUT2D eigenvalue weighted by Crippen LogP contribution is 2.55. The number of fused-ring (bicyclic) bond motifs is 4. The van der Waals surface area contributed by atoms with Gasteiger partial charge in [-0.1, -0.05) is 18.2 Å². The van der Waals surface area contributed by atoms with Crippen molar-refractivity contribution in [2.45, 2.75) is 49.6 Å². The van der Waals surface area contributed by atoms with Gasteiger partial charge in [0.15, 0.2) is 5.65 Å². The normalized spacial score (nSPS) is 22.7. The van der Waals surface area contributed by atoms with Gasteiger partial charge in [-0.2, -0.15) is 31.4 Å². The van der Waals surface area contributed by atoms with E-state index < -0.39 is 23.6 Å². The number of alkyl halides is 7. The number of aromatic nitrogens is 3. The van der Waals surface area contributed by atoms with Gasteiger partial charge in [-0.05, 0) is 54.7 Å². The first kappa shape index (κ1) is 23.6. The SMILES string of the molecule is O=C(Nc1ccnc2[nH]ncc12)[C@@H]1CCC2c3ccc(C(F)(C(F)(F)F)C(F)(F)F)cc3CCC21. The number of H-pyrrole nitrogens is 1. The summed E-state index contributed by atoms with van der Waals surface area (Å²) in [6, 6.07) is 4.06. The maximum Gasteiger partial charge on any atom is 0.435 e. The molecule has 0 saturated heterocycles. The van der Waals surface area contributed by atoms with Crippen molar-refractivity contribution in [2.24, 2.45) is 11.8 Å². The molecule has 2 unspecified atom stereocenters. The van der Waals surface area contributed by atoms with Crippen molar-refractivity contribution in [1.82, 2.24) is 15.2 Å². The van der Waals surface area contributed by atoms with E-state index in [9.17, 15) is 35.5 Å². The van der Waals surface area contributed by atoms with E-state index in [2.05, 4.69) is 20.5 Å². The number of nitrogens with one attached hydrogen (secondary N) is 2. The van der Waals surface area contributed by atoms with Crippen LogP contribution >= 0.6 is 0 Å². The van der Waals surface area contributed by atoms with Gasteiger partial charge in [0.2, 0.25) is 5.91 Å². The molecule has 0 radical (unpaired) electrons. The fourth-order valence-corrected chi connectivity index (χ4v) is 5.58. The van der Waals surface area contributed by atoms with E-state index in [1.54, 1.807) is 6.07 Å². The van der Waals surface area contributed by atoms with Crippen LogP contribution in [-0.4, -0.2) is 33.4 Å². The second-order valence-corrected chi connectivity index (χ2v) is 9.04.